The first kappa shape index (κ1) is 85.5. The second kappa shape index (κ2) is 52.5. The molecule has 26 nitrogen and oxygen atoms in total. The fourth-order valence-electron chi connectivity index (χ4n) is 7.92. The minimum Gasteiger partial charge on any atom is -0.461 e. The third-order valence-electron chi connectivity index (χ3n) is 13.0. The van der Waals surface area contributed by atoms with Crippen molar-refractivity contribution < 1.29 is 85.7 Å². The summed E-state index contributed by atoms with van der Waals surface area (Å²) >= 11 is 3.48. The summed E-state index contributed by atoms with van der Waals surface area (Å²) in [4.78, 5) is 70.5. The molecule has 0 saturated carbocycles. The van der Waals surface area contributed by atoms with Gasteiger partial charge in [-0.25, -0.2) is 9.48 Å². The molecule has 0 aliphatic carbocycles. The quantitative estimate of drug-likeness (QED) is 0.0215. The maximum Gasteiger partial charge on any atom is 0.312 e. The fourth-order valence-corrected chi connectivity index (χ4v) is 9.56. The van der Waals surface area contributed by atoms with E-state index in [1.54, 1.807) is 58.7 Å². The molecule has 1 heterocycles. The highest BCUT2D eigenvalue weighted by Gasteiger charge is 2.29. The van der Waals surface area contributed by atoms with Gasteiger partial charge < -0.3 is 83.4 Å². The zero-order chi connectivity index (χ0) is 69.1. The van der Waals surface area contributed by atoms with Gasteiger partial charge in [0, 0.05) is 64.8 Å². The Hall–Kier alpha value is -4.56. The smallest absolute Gasteiger partial charge is 0.312 e. The summed E-state index contributed by atoms with van der Waals surface area (Å²) in [5.41, 5.74) is 8.17. The van der Waals surface area contributed by atoms with Crippen molar-refractivity contribution in [2.45, 2.75) is 150 Å². The molecule has 540 valence electrons. The lowest BCUT2D eigenvalue weighted by molar-refractivity contribution is -0.145. The SMILES string of the molecule is CC(C)C[C@H](NC(=O)CON=C(CSC(C)(C)C)CSC(C)(C)C)C(=O)C[C@@H](CCCNC(N)=O)C(=O)Nc1ccc(COC(=O)CCc2cn(CCOCCOCCOCCOCCOCCOCCOCCOCCOCCOCCOCCC(C)(C)C)nn2)cc1. The molecule has 94 heavy (non-hydrogen) atoms. The number of esters is 1. The van der Waals surface area contributed by atoms with E-state index in [4.69, 9.17) is 67.4 Å². The number of hydrogen-bond acceptors (Lipinski definition) is 23. The average Bonchev–Trinajstić information content (AvgIpc) is 1.52. The van der Waals surface area contributed by atoms with Crippen LogP contribution in [0.4, 0.5) is 10.5 Å². The molecule has 0 spiro atoms. The van der Waals surface area contributed by atoms with E-state index in [-0.39, 0.29) is 65.6 Å². The number of nitrogens with zero attached hydrogens (tertiary/aromatic N) is 4. The van der Waals surface area contributed by atoms with Crippen LogP contribution in [0.3, 0.4) is 0 Å². The van der Waals surface area contributed by atoms with Crippen molar-refractivity contribution in [3.05, 3.63) is 41.7 Å². The molecule has 28 heteroatoms. The van der Waals surface area contributed by atoms with Crippen LogP contribution in [0, 0.1) is 17.3 Å². The number of thioether (sulfide) groups is 2. The number of anilines is 1. The van der Waals surface area contributed by atoms with Crippen LogP contribution in [-0.4, -0.2) is 236 Å². The molecule has 0 radical (unpaired) electrons. The van der Waals surface area contributed by atoms with Gasteiger partial charge in [0.25, 0.3) is 5.91 Å². The molecular weight excluding hydrogens is 1260 g/mol. The third kappa shape index (κ3) is 51.7. The van der Waals surface area contributed by atoms with Crippen molar-refractivity contribution in [2.24, 2.45) is 28.1 Å². The van der Waals surface area contributed by atoms with Gasteiger partial charge in [-0.2, -0.15) is 0 Å². The molecule has 0 aliphatic heterocycles. The third-order valence-corrected chi connectivity index (χ3v) is 15.7. The number of nitrogens with two attached hydrogens (primary N) is 1. The lowest BCUT2D eigenvalue weighted by Crippen LogP contribution is -2.44. The Morgan fingerprint density at radius 1 is 0.628 bits per heavy atom. The van der Waals surface area contributed by atoms with Crippen molar-refractivity contribution >= 4 is 64.5 Å². The van der Waals surface area contributed by atoms with Crippen molar-refractivity contribution in [1.29, 1.82) is 0 Å². The number of ketones is 1. The van der Waals surface area contributed by atoms with Gasteiger partial charge in [-0.3, -0.25) is 19.2 Å². The summed E-state index contributed by atoms with van der Waals surface area (Å²) < 4.78 is 68.3. The number of hydrogen-bond donors (Lipinski definition) is 4. The zero-order valence-electron chi connectivity index (χ0n) is 58.4. The van der Waals surface area contributed by atoms with Crippen LogP contribution in [0.1, 0.15) is 126 Å². The number of amides is 4. The number of ether oxygens (including phenoxy) is 12. The van der Waals surface area contributed by atoms with Gasteiger partial charge in [-0.1, -0.05) is 98.7 Å². The molecule has 1 aromatic heterocycles. The predicted octanol–water partition coefficient (Wildman–Crippen LogP) is 7.50. The number of carbonyl (C=O) groups excluding carboxylic acids is 5. The Labute approximate surface area is 568 Å². The summed E-state index contributed by atoms with van der Waals surface area (Å²) in [5, 5.41) is 20.9. The summed E-state index contributed by atoms with van der Waals surface area (Å²) in [5.74, 6) is -1.08. The lowest BCUT2D eigenvalue weighted by Gasteiger charge is -2.23. The fraction of sp³-hybridized carbons (Fsp3) is 0.788. The number of benzene rings is 1. The topological polar surface area (TPSA) is 311 Å². The van der Waals surface area contributed by atoms with Gasteiger partial charge in [0.05, 0.1) is 169 Å². The van der Waals surface area contributed by atoms with E-state index < -0.39 is 35.8 Å². The van der Waals surface area contributed by atoms with Gasteiger partial charge in [0.1, 0.15) is 6.61 Å². The van der Waals surface area contributed by atoms with Crippen LogP contribution >= 0.6 is 23.5 Å². The van der Waals surface area contributed by atoms with Crippen LogP contribution in [0.25, 0.3) is 0 Å². The zero-order valence-corrected chi connectivity index (χ0v) is 60.0. The first-order valence-electron chi connectivity index (χ1n) is 33.0. The second-order valence-electron chi connectivity index (χ2n) is 25.6. The van der Waals surface area contributed by atoms with Crippen LogP contribution in [0.2, 0.25) is 0 Å². The molecule has 2 rings (SSSR count). The van der Waals surface area contributed by atoms with E-state index in [0.717, 1.165) is 18.7 Å². The molecular formula is C66H116N8O18S2. The number of oxime groups is 1. The molecule has 1 aromatic carbocycles. The normalized spacial score (nSPS) is 12.6. The minimum absolute atomic E-state index is 0.0127. The number of carbonyl (C=O) groups is 5. The monoisotopic (exact) mass is 1370 g/mol. The molecule has 2 atom stereocenters. The number of aryl methyl sites for hydroxylation is 1. The standard InChI is InChI=1S/C66H116N8O18S2/c1-52(2)45-58(70-60(76)49-92-72-57(50-93-65(6,7)8)51-94-66(9,10)11)59(75)46-54(13-12-21-68-63(67)79)62(78)69-55-16-14-53(15-17-55)48-91-61(77)19-18-56-47-74(73-71-56)22-24-81-26-28-83-30-32-85-34-36-87-38-40-89-42-44-90-43-41-88-39-37-86-35-33-84-31-29-82-27-25-80-23-20-64(3,4)5/h14-17,47,52,54,58H,12-13,18-46,48-51H2,1-11H3,(H,69,78)(H,70,76)(H3,67,68,79)/t54-,58+/m1/s1. The average molecular weight is 1370 g/mol. The van der Waals surface area contributed by atoms with E-state index >= 15 is 0 Å². The summed E-state index contributed by atoms with van der Waals surface area (Å²) in [7, 11) is 0. The summed E-state index contributed by atoms with van der Waals surface area (Å²) in [6, 6.07) is 5.26. The van der Waals surface area contributed by atoms with Gasteiger partial charge in [-0.15, -0.1) is 28.6 Å². The highest BCUT2D eigenvalue weighted by atomic mass is 32.2. The van der Waals surface area contributed by atoms with Crippen LogP contribution in [0.15, 0.2) is 35.6 Å². The molecule has 0 bridgehead atoms. The summed E-state index contributed by atoms with van der Waals surface area (Å²) in [6.45, 7) is 34.4. The van der Waals surface area contributed by atoms with Crippen LogP contribution < -0.4 is 21.7 Å². The Morgan fingerprint density at radius 3 is 1.52 bits per heavy atom. The van der Waals surface area contributed by atoms with Gasteiger partial charge in [0.15, 0.2) is 12.4 Å². The highest BCUT2D eigenvalue weighted by molar-refractivity contribution is 8.02. The van der Waals surface area contributed by atoms with Crippen LogP contribution in [0.5, 0.6) is 0 Å². The molecule has 0 unspecified atom stereocenters. The van der Waals surface area contributed by atoms with E-state index in [9.17, 15) is 24.0 Å². The van der Waals surface area contributed by atoms with E-state index in [0.29, 0.717) is 193 Å². The number of rotatable bonds is 59. The predicted molar refractivity (Wildman–Crippen MR) is 365 cm³/mol. The van der Waals surface area contributed by atoms with Gasteiger partial charge in [0.2, 0.25) is 5.91 Å². The Kier molecular flexibility index (Phi) is 47.8. The number of urea groups is 1. The van der Waals surface area contributed by atoms with Crippen molar-refractivity contribution in [3.63, 3.8) is 0 Å². The maximum atomic E-state index is 13.9. The van der Waals surface area contributed by atoms with Crippen molar-refractivity contribution in [1.82, 2.24) is 25.6 Å². The van der Waals surface area contributed by atoms with Crippen molar-refractivity contribution in [2.75, 3.05) is 175 Å². The van der Waals surface area contributed by atoms with E-state index in [1.165, 1.54) is 0 Å². The first-order chi connectivity index (χ1) is 44.9. The van der Waals surface area contributed by atoms with Gasteiger partial charge >= 0.3 is 12.0 Å². The molecule has 0 aliphatic rings. The Balaban J connectivity index is 1.54. The van der Waals surface area contributed by atoms with E-state index in [1.807, 2.05) is 13.8 Å². The van der Waals surface area contributed by atoms with E-state index in [2.05, 4.69) is 93.7 Å². The Morgan fingerprint density at radius 2 is 1.09 bits per heavy atom. The molecule has 4 amide bonds. The maximum absolute atomic E-state index is 13.9. The molecule has 2 aromatic rings. The largest absolute Gasteiger partial charge is 0.461 e. The molecule has 0 fully saturated rings. The summed E-state index contributed by atoms with van der Waals surface area (Å²) in [6.07, 6.45) is 4.05. The first-order valence-corrected chi connectivity index (χ1v) is 34.9. The number of primary amides is 1. The lowest BCUT2D eigenvalue weighted by atomic mass is 9.90. The van der Waals surface area contributed by atoms with Crippen molar-refractivity contribution in [3.8, 4) is 0 Å². The second-order valence-corrected chi connectivity index (χ2v) is 29.3. The minimum atomic E-state index is -0.870. The number of aromatic nitrogens is 3. The van der Waals surface area contributed by atoms with Crippen LogP contribution in [-0.2, 0) is 100 Å². The highest BCUT2D eigenvalue weighted by Crippen LogP contribution is 2.27. The van der Waals surface area contributed by atoms with Gasteiger partial charge in [-0.05, 0) is 54.7 Å². The molecule has 0 saturated heterocycles. The number of Topliss-reactive ketones (excluding diaryl/α,β-unsaturated/α-hetero) is 1. The number of nitrogens with one attached hydrogen (secondary N) is 3. The Bertz CT molecular complexity index is 2320. The molecule has 5 N–H and O–H groups in total.